The minimum atomic E-state index is 0.569. The minimum Gasteiger partial charge on any atom is -0.371 e. The number of hydrogen-bond acceptors (Lipinski definition) is 2. The molecule has 2 nitrogen and oxygen atoms in total. The first-order valence-electron chi connectivity index (χ1n) is 5.14. The van der Waals surface area contributed by atoms with Crippen LogP contribution in [-0.4, -0.2) is 18.1 Å². The molecule has 78 valence electrons. The Kier molecular flexibility index (Phi) is 4.74. The molecule has 0 atom stereocenters. The van der Waals surface area contributed by atoms with Crippen LogP contribution in [0.5, 0.6) is 0 Å². The Balaban J connectivity index is 2.75. The average molecular weight is 213 g/mol. The van der Waals surface area contributed by atoms with E-state index in [1.807, 2.05) is 12.1 Å². The monoisotopic (exact) mass is 212 g/mol. The maximum atomic E-state index is 5.85. The van der Waals surface area contributed by atoms with E-state index in [9.17, 15) is 0 Å². The number of nitrogens with zero attached hydrogens (tertiary/aromatic N) is 2. The molecule has 14 heavy (non-hydrogen) atoms. The number of aromatic nitrogens is 1. The topological polar surface area (TPSA) is 16.1 Å². The van der Waals surface area contributed by atoms with Gasteiger partial charge in [0.2, 0.25) is 0 Å². The van der Waals surface area contributed by atoms with Gasteiger partial charge in [0.05, 0.1) is 0 Å². The van der Waals surface area contributed by atoms with Crippen LogP contribution in [0.25, 0.3) is 0 Å². The zero-order valence-corrected chi connectivity index (χ0v) is 9.59. The van der Waals surface area contributed by atoms with Crippen LogP contribution in [0.3, 0.4) is 0 Å². The molecule has 1 rings (SSSR count). The first kappa shape index (κ1) is 11.3. The summed E-state index contributed by atoms with van der Waals surface area (Å²) in [5, 5.41) is 0.569. The van der Waals surface area contributed by atoms with Crippen molar-refractivity contribution in [1.29, 1.82) is 0 Å². The minimum absolute atomic E-state index is 0.569. The van der Waals surface area contributed by atoms with Gasteiger partial charge in [-0.2, -0.15) is 0 Å². The molecule has 0 aliphatic heterocycles. The maximum Gasteiger partial charge on any atom is 0.131 e. The second-order valence-corrected chi connectivity index (χ2v) is 3.71. The summed E-state index contributed by atoms with van der Waals surface area (Å²) in [4.78, 5) is 6.32. The molecule has 0 fully saturated rings. The van der Waals surface area contributed by atoms with E-state index < -0.39 is 0 Å². The zero-order chi connectivity index (χ0) is 10.4. The third kappa shape index (κ3) is 3.18. The number of pyridine rings is 1. The lowest BCUT2D eigenvalue weighted by atomic mass is 10.3. The average Bonchev–Trinajstić information content (AvgIpc) is 2.17. The lowest BCUT2D eigenvalue weighted by Crippen LogP contribution is -2.24. The van der Waals surface area contributed by atoms with Crippen LogP contribution in [0, 0.1) is 0 Å². The second-order valence-electron chi connectivity index (χ2n) is 3.32. The Bertz CT molecular complexity index is 270. The third-order valence-corrected chi connectivity index (χ3v) is 2.27. The van der Waals surface area contributed by atoms with Crippen molar-refractivity contribution in [3.63, 3.8) is 0 Å². The molecule has 1 aromatic heterocycles. The van der Waals surface area contributed by atoms with Gasteiger partial charge in [-0.25, -0.2) is 4.98 Å². The van der Waals surface area contributed by atoms with E-state index >= 15 is 0 Å². The van der Waals surface area contributed by atoms with Crippen LogP contribution in [-0.2, 0) is 0 Å². The summed E-state index contributed by atoms with van der Waals surface area (Å²) in [6.07, 6.45) is 4.07. The van der Waals surface area contributed by atoms with Gasteiger partial charge < -0.3 is 4.90 Å². The molecule has 0 radical (unpaired) electrons. The first-order chi connectivity index (χ1) is 6.77. The molecule has 1 heterocycles. The summed E-state index contributed by atoms with van der Waals surface area (Å²) in [5.41, 5.74) is 1.17. The molecule has 0 unspecified atom stereocenters. The molecular formula is C11H17ClN2. The Morgan fingerprint density at radius 3 is 2.43 bits per heavy atom. The molecule has 0 N–H and O–H groups in total. The van der Waals surface area contributed by atoms with E-state index in [1.165, 1.54) is 5.69 Å². The second kappa shape index (κ2) is 5.86. The lowest BCUT2D eigenvalue weighted by molar-refractivity contribution is 0.744. The Morgan fingerprint density at radius 1 is 1.29 bits per heavy atom. The quantitative estimate of drug-likeness (QED) is 0.696. The van der Waals surface area contributed by atoms with Crippen molar-refractivity contribution in [3.05, 3.63) is 23.5 Å². The van der Waals surface area contributed by atoms with Crippen LogP contribution in [0.2, 0.25) is 5.15 Å². The van der Waals surface area contributed by atoms with Crippen LogP contribution in [0.15, 0.2) is 18.3 Å². The van der Waals surface area contributed by atoms with Gasteiger partial charge >= 0.3 is 0 Å². The fourth-order valence-corrected chi connectivity index (χ4v) is 1.67. The van der Waals surface area contributed by atoms with Crippen molar-refractivity contribution < 1.29 is 0 Å². The molecule has 0 bridgehead atoms. The highest BCUT2D eigenvalue weighted by Gasteiger charge is 2.04. The molecule has 0 saturated carbocycles. The van der Waals surface area contributed by atoms with Gasteiger partial charge in [0.15, 0.2) is 0 Å². The van der Waals surface area contributed by atoms with Crippen molar-refractivity contribution in [2.24, 2.45) is 0 Å². The number of hydrogen-bond donors (Lipinski definition) is 0. The largest absolute Gasteiger partial charge is 0.371 e. The molecule has 3 heteroatoms. The van der Waals surface area contributed by atoms with Crippen LogP contribution < -0.4 is 4.90 Å². The number of anilines is 1. The van der Waals surface area contributed by atoms with E-state index in [-0.39, 0.29) is 0 Å². The van der Waals surface area contributed by atoms with Gasteiger partial charge in [0.25, 0.3) is 0 Å². The highest BCUT2D eigenvalue weighted by Crippen LogP contribution is 2.17. The fraction of sp³-hybridized carbons (Fsp3) is 0.545. The van der Waals surface area contributed by atoms with Crippen molar-refractivity contribution >= 4 is 17.3 Å². The summed E-state index contributed by atoms with van der Waals surface area (Å²) in [5.74, 6) is 0. The standard InChI is InChI=1S/C11H17ClN2/c1-3-7-14(8-4-2)10-5-6-13-11(12)9-10/h5-6,9H,3-4,7-8H2,1-2H3. The van der Waals surface area contributed by atoms with E-state index in [1.54, 1.807) is 6.20 Å². The van der Waals surface area contributed by atoms with Gasteiger partial charge in [0, 0.05) is 25.0 Å². The van der Waals surface area contributed by atoms with Crippen molar-refractivity contribution in [3.8, 4) is 0 Å². The molecule has 0 aromatic carbocycles. The Morgan fingerprint density at radius 2 is 1.93 bits per heavy atom. The van der Waals surface area contributed by atoms with Gasteiger partial charge in [-0.1, -0.05) is 25.4 Å². The smallest absolute Gasteiger partial charge is 0.131 e. The first-order valence-corrected chi connectivity index (χ1v) is 5.52. The van der Waals surface area contributed by atoms with E-state index in [2.05, 4.69) is 23.7 Å². The summed E-state index contributed by atoms with van der Waals surface area (Å²) in [6, 6.07) is 3.93. The summed E-state index contributed by atoms with van der Waals surface area (Å²) >= 11 is 5.85. The van der Waals surface area contributed by atoms with E-state index in [0.29, 0.717) is 5.15 Å². The highest BCUT2D eigenvalue weighted by molar-refractivity contribution is 6.29. The summed E-state index contributed by atoms with van der Waals surface area (Å²) < 4.78 is 0. The molecule has 0 amide bonds. The van der Waals surface area contributed by atoms with Gasteiger partial charge in [-0.05, 0) is 25.0 Å². The van der Waals surface area contributed by atoms with Gasteiger partial charge in [-0.15, -0.1) is 0 Å². The van der Waals surface area contributed by atoms with Crippen LogP contribution in [0.1, 0.15) is 26.7 Å². The molecule has 1 aromatic rings. The number of rotatable bonds is 5. The highest BCUT2D eigenvalue weighted by atomic mass is 35.5. The van der Waals surface area contributed by atoms with E-state index in [0.717, 1.165) is 25.9 Å². The van der Waals surface area contributed by atoms with Crippen molar-refractivity contribution in [1.82, 2.24) is 4.98 Å². The molecule has 0 spiro atoms. The molecule has 0 aliphatic rings. The lowest BCUT2D eigenvalue weighted by Gasteiger charge is -2.23. The van der Waals surface area contributed by atoms with Gasteiger partial charge in [0.1, 0.15) is 5.15 Å². The summed E-state index contributed by atoms with van der Waals surface area (Å²) in [7, 11) is 0. The van der Waals surface area contributed by atoms with Gasteiger partial charge in [-0.3, -0.25) is 0 Å². The Labute approximate surface area is 90.9 Å². The summed E-state index contributed by atoms with van der Waals surface area (Å²) in [6.45, 7) is 6.53. The molecule has 0 aliphatic carbocycles. The van der Waals surface area contributed by atoms with Crippen molar-refractivity contribution in [2.75, 3.05) is 18.0 Å². The zero-order valence-electron chi connectivity index (χ0n) is 8.83. The molecule has 0 saturated heterocycles. The third-order valence-electron chi connectivity index (χ3n) is 2.06. The Hall–Kier alpha value is -0.760. The normalized spacial score (nSPS) is 10.2. The van der Waals surface area contributed by atoms with Crippen LogP contribution in [0.4, 0.5) is 5.69 Å². The van der Waals surface area contributed by atoms with Crippen LogP contribution >= 0.6 is 11.6 Å². The SMILES string of the molecule is CCCN(CCC)c1ccnc(Cl)c1. The van der Waals surface area contributed by atoms with Crippen molar-refractivity contribution in [2.45, 2.75) is 26.7 Å². The maximum absolute atomic E-state index is 5.85. The predicted octanol–water partition coefficient (Wildman–Crippen LogP) is 3.36. The predicted molar refractivity (Wildman–Crippen MR) is 62.0 cm³/mol. The van der Waals surface area contributed by atoms with E-state index in [4.69, 9.17) is 11.6 Å². The number of halogens is 1. The molecular weight excluding hydrogens is 196 g/mol. The fourth-order valence-electron chi connectivity index (χ4n) is 1.50.